The van der Waals surface area contributed by atoms with Crippen LogP contribution in [0.15, 0.2) is 75.1 Å². The Bertz CT molecular complexity index is 1160. The van der Waals surface area contributed by atoms with Crippen molar-refractivity contribution in [3.8, 4) is 11.3 Å². The number of aromatic carboxylic acids is 1. The Hall–Kier alpha value is -3.65. The van der Waals surface area contributed by atoms with Gasteiger partial charge in [-0.2, -0.15) is 0 Å². The summed E-state index contributed by atoms with van der Waals surface area (Å²) in [5, 5.41) is 10.1. The maximum Gasteiger partial charge on any atom is 0.335 e. The molecule has 2 N–H and O–H groups in total. The van der Waals surface area contributed by atoms with Crippen LogP contribution in [-0.2, 0) is 9.59 Å². The fourth-order valence-corrected chi connectivity index (χ4v) is 3.25. The molecule has 3 aromatic rings. The van der Waals surface area contributed by atoms with Crippen LogP contribution in [0.3, 0.4) is 0 Å². The number of nitrogens with zero attached hydrogens (tertiary/aromatic N) is 1. The monoisotopic (exact) mass is 452 g/mol. The Morgan fingerprint density at radius 1 is 1.07 bits per heavy atom. The van der Waals surface area contributed by atoms with E-state index in [1.54, 1.807) is 42.5 Å². The van der Waals surface area contributed by atoms with Gasteiger partial charge in [0.05, 0.1) is 11.3 Å². The van der Waals surface area contributed by atoms with E-state index in [2.05, 4.69) is 21.4 Å². The lowest BCUT2D eigenvalue weighted by molar-refractivity contribution is -0.117. The van der Waals surface area contributed by atoms with Gasteiger partial charge in [0.1, 0.15) is 17.1 Å². The van der Waals surface area contributed by atoms with Crippen LogP contribution in [0.25, 0.3) is 17.4 Å². The zero-order valence-corrected chi connectivity index (χ0v) is 16.3. The van der Waals surface area contributed by atoms with Crippen molar-refractivity contribution < 1.29 is 23.9 Å². The zero-order valence-electron chi connectivity index (χ0n) is 14.8. The van der Waals surface area contributed by atoms with Gasteiger partial charge in [-0.3, -0.25) is 15.0 Å². The summed E-state index contributed by atoms with van der Waals surface area (Å²) in [4.78, 5) is 35.9. The SMILES string of the molecule is O=C1NN(c2cccc(Br)c2)C(=O)/C1=C/c1ccc(-c2ccc(C(=O)O)cc2)o1. The number of halogens is 1. The standard InChI is InChI=1S/C21H13BrN2O5/c22-14-2-1-3-15(10-14)24-20(26)17(19(25)23-24)11-16-8-9-18(29-16)12-4-6-13(7-5-12)21(27)28/h1-11H,(H,23,25)(H,27,28)/b17-11+. The Kier molecular flexibility index (Phi) is 4.77. The van der Waals surface area contributed by atoms with Crippen LogP contribution in [0.2, 0.25) is 0 Å². The lowest BCUT2D eigenvalue weighted by Crippen LogP contribution is -2.35. The zero-order chi connectivity index (χ0) is 20.5. The van der Waals surface area contributed by atoms with Crippen LogP contribution in [0.4, 0.5) is 5.69 Å². The topological polar surface area (TPSA) is 99.9 Å². The first-order chi connectivity index (χ1) is 13.9. The van der Waals surface area contributed by atoms with Crippen molar-refractivity contribution in [1.29, 1.82) is 0 Å². The predicted molar refractivity (Wildman–Crippen MR) is 109 cm³/mol. The van der Waals surface area contributed by atoms with Gasteiger partial charge in [0.25, 0.3) is 11.8 Å². The highest BCUT2D eigenvalue weighted by Crippen LogP contribution is 2.27. The first kappa shape index (κ1) is 18.7. The van der Waals surface area contributed by atoms with Crippen LogP contribution >= 0.6 is 15.9 Å². The highest BCUT2D eigenvalue weighted by Gasteiger charge is 2.34. The van der Waals surface area contributed by atoms with Crippen LogP contribution in [0, 0.1) is 0 Å². The van der Waals surface area contributed by atoms with Crippen molar-refractivity contribution >= 4 is 45.5 Å². The van der Waals surface area contributed by atoms with Gasteiger partial charge in [-0.05, 0) is 48.5 Å². The number of hydrogen-bond donors (Lipinski definition) is 2. The number of amides is 2. The van der Waals surface area contributed by atoms with Crippen molar-refractivity contribution in [3.05, 3.63) is 82.0 Å². The van der Waals surface area contributed by atoms with Gasteiger partial charge in [-0.25, -0.2) is 9.80 Å². The lowest BCUT2D eigenvalue weighted by atomic mass is 10.1. The number of hydrogen-bond acceptors (Lipinski definition) is 4. The number of hydrazine groups is 1. The van der Waals surface area contributed by atoms with Crippen molar-refractivity contribution in [2.45, 2.75) is 0 Å². The van der Waals surface area contributed by atoms with Crippen LogP contribution < -0.4 is 10.4 Å². The Morgan fingerprint density at radius 3 is 2.52 bits per heavy atom. The fraction of sp³-hybridized carbons (Fsp3) is 0. The Morgan fingerprint density at radius 2 is 1.83 bits per heavy atom. The molecule has 0 bridgehead atoms. The molecule has 8 heteroatoms. The number of carbonyl (C=O) groups is 3. The number of carbonyl (C=O) groups excluding carboxylic acids is 2. The number of carboxylic acid groups (broad SMARTS) is 1. The summed E-state index contributed by atoms with van der Waals surface area (Å²) in [7, 11) is 0. The van der Waals surface area contributed by atoms with Crippen LogP contribution in [0.1, 0.15) is 16.1 Å². The van der Waals surface area contributed by atoms with Crippen LogP contribution in [-0.4, -0.2) is 22.9 Å². The van der Waals surface area contributed by atoms with Crippen molar-refractivity contribution in [2.75, 3.05) is 5.01 Å². The largest absolute Gasteiger partial charge is 0.478 e. The normalized spacial score (nSPS) is 15.1. The summed E-state index contributed by atoms with van der Waals surface area (Å²) in [5.41, 5.74) is 3.86. The summed E-state index contributed by atoms with van der Waals surface area (Å²) >= 11 is 3.34. The van der Waals surface area contributed by atoms with E-state index in [4.69, 9.17) is 9.52 Å². The second-order valence-electron chi connectivity index (χ2n) is 6.20. The van der Waals surface area contributed by atoms with E-state index >= 15 is 0 Å². The van der Waals surface area contributed by atoms with E-state index in [0.717, 1.165) is 4.47 Å². The predicted octanol–water partition coefficient (Wildman–Crippen LogP) is 3.87. The van der Waals surface area contributed by atoms with E-state index in [1.165, 1.54) is 23.2 Å². The van der Waals surface area contributed by atoms with E-state index < -0.39 is 17.8 Å². The molecule has 0 spiro atoms. The molecule has 0 aliphatic carbocycles. The molecule has 7 nitrogen and oxygen atoms in total. The highest BCUT2D eigenvalue weighted by molar-refractivity contribution is 9.10. The maximum absolute atomic E-state index is 12.7. The molecule has 0 unspecified atom stereocenters. The van der Waals surface area contributed by atoms with Gasteiger partial charge in [0, 0.05) is 10.0 Å². The molecular weight excluding hydrogens is 440 g/mol. The molecule has 2 heterocycles. The minimum Gasteiger partial charge on any atom is -0.478 e. The second-order valence-corrected chi connectivity index (χ2v) is 7.12. The number of anilines is 1. The number of rotatable bonds is 4. The highest BCUT2D eigenvalue weighted by atomic mass is 79.9. The van der Waals surface area contributed by atoms with E-state index in [9.17, 15) is 14.4 Å². The molecule has 1 aliphatic heterocycles. The minimum atomic E-state index is -1.01. The molecule has 144 valence electrons. The third kappa shape index (κ3) is 3.70. The second kappa shape index (κ2) is 7.40. The van der Waals surface area contributed by atoms with Crippen molar-refractivity contribution in [2.24, 2.45) is 0 Å². The average molecular weight is 453 g/mol. The van der Waals surface area contributed by atoms with Crippen LogP contribution in [0.5, 0.6) is 0 Å². The van der Waals surface area contributed by atoms with E-state index in [0.29, 0.717) is 22.8 Å². The van der Waals surface area contributed by atoms with E-state index in [1.807, 2.05) is 6.07 Å². The molecule has 0 radical (unpaired) electrons. The molecule has 1 saturated heterocycles. The van der Waals surface area contributed by atoms with Gasteiger partial charge in [0.15, 0.2) is 0 Å². The molecular formula is C21H13BrN2O5. The number of nitrogens with one attached hydrogen (secondary N) is 1. The number of furan rings is 1. The van der Waals surface area contributed by atoms with E-state index in [-0.39, 0.29) is 11.1 Å². The maximum atomic E-state index is 12.7. The summed E-state index contributed by atoms with van der Waals surface area (Å²) in [6, 6.07) is 16.5. The average Bonchev–Trinajstić information content (AvgIpc) is 3.28. The first-order valence-corrected chi connectivity index (χ1v) is 9.28. The first-order valence-electron chi connectivity index (χ1n) is 8.48. The molecule has 1 fully saturated rings. The summed E-state index contributed by atoms with van der Waals surface area (Å²) < 4.78 is 6.48. The van der Waals surface area contributed by atoms with Gasteiger partial charge in [-0.1, -0.05) is 34.1 Å². The lowest BCUT2D eigenvalue weighted by Gasteiger charge is -2.14. The molecule has 1 aromatic heterocycles. The Labute approximate surface area is 173 Å². The summed E-state index contributed by atoms with van der Waals surface area (Å²) in [6.45, 7) is 0. The van der Waals surface area contributed by atoms with Gasteiger partial charge in [-0.15, -0.1) is 0 Å². The molecule has 0 atom stereocenters. The number of carboxylic acids is 1. The molecule has 0 saturated carbocycles. The van der Waals surface area contributed by atoms with Gasteiger partial charge >= 0.3 is 5.97 Å². The van der Waals surface area contributed by atoms with Crippen molar-refractivity contribution in [1.82, 2.24) is 5.43 Å². The Balaban J connectivity index is 1.59. The molecule has 2 aromatic carbocycles. The third-order valence-corrected chi connectivity index (χ3v) is 4.78. The minimum absolute atomic E-state index is 0.0490. The quantitative estimate of drug-likeness (QED) is 0.462. The number of benzene rings is 2. The van der Waals surface area contributed by atoms with Gasteiger partial charge < -0.3 is 9.52 Å². The summed E-state index contributed by atoms with van der Waals surface area (Å²) in [6.07, 6.45) is 1.38. The smallest absolute Gasteiger partial charge is 0.335 e. The summed E-state index contributed by atoms with van der Waals surface area (Å²) in [5.74, 6) is -1.21. The van der Waals surface area contributed by atoms with Gasteiger partial charge in [0.2, 0.25) is 0 Å². The van der Waals surface area contributed by atoms with Crippen molar-refractivity contribution in [3.63, 3.8) is 0 Å². The fourth-order valence-electron chi connectivity index (χ4n) is 2.86. The molecule has 1 aliphatic rings. The molecule has 29 heavy (non-hydrogen) atoms. The molecule has 4 rings (SSSR count). The molecule has 2 amide bonds. The third-order valence-electron chi connectivity index (χ3n) is 4.29.